The Morgan fingerprint density at radius 3 is 2.68 bits per heavy atom. The summed E-state index contributed by atoms with van der Waals surface area (Å²) in [5, 5.41) is 0. The van der Waals surface area contributed by atoms with Crippen LogP contribution in [0.5, 0.6) is 0 Å². The van der Waals surface area contributed by atoms with Crippen LogP contribution in [0.2, 0.25) is 0 Å². The van der Waals surface area contributed by atoms with Crippen molar-refractivity contribution in [3.05, 3.63) is 29.8 Å². The van der Waals surface area contributed by atoms with E-state index in [4.69, 9.17) is 10.5 Å². The standard InChI is InChI=1S/C16H26N2O/c1-3-16(17)14-6-8-15(9-7-14)18(2)11-13-5-4-10-19-12-13/h6-9,13,16H,3-5,10-12,17H2,1-2H3/t13?,16-/m1/s1. The van der Waals surface area contributed by atoms with Crippen LogP contribution in [0.4, 0.5) is 5.69 Å². The highest BCUT2D eigenvalue weighted by atomic mass is 16.5. The van der Waals surface area contributed by atoms with Crippen molar-refractivity contribution in [2.75, 3.05) is 31.7 Å². The van der Waals surface area contributed by atoms with Gasteiger partial charge in [0, 0.05) is 31.9 Å². The molecule has 0 spiro atoms. The summed E-state index contributed by atoms with van der Waals surface area (Å²) in [6, 6.07) is 8.81. The maximum absolute atomic E-state index is 6.04. The Kier molecular flexibility index (Phi) is 5.23. The topological polar surface area (TPSA) is 38.5 Å². The van der Waals surface area contributed by atoms with Gasteiger partial charge in [-0.3, -0.25) is 0 Å². The van der Waals surface area contributed by atoms with Crippen molar-refractivity contribution in [2.45, 2.75) is 32.2 Å². The van der Waals surface area contributed by atoms with Crippen LogP contribution >= 0.6 is 0 Å². The third kappa shape index (κ3) is 3.95. The lowest BCUT2D eigenvalue weighted by Crippen LogP contribution is -2.30. The molecule has 19 heavy (non-hydrogen) atoms. The van der Waals surface area contributed by atoms with E-state index < -0.39 is 0 Å². The molecule has 106 valence electrons. The molecule has 0 aromatic heterocycles. The van der Waals surface area contributed by atoms with E-state index >= 15 is 0 Å². The monoisotopic (exact) mass is 262 g/mol. The van der Waals surface area contributed by atoms with Crippen LogP contribution in [0.1, 0.15) is 37.8 Å². The second kappa shape index (κ2) is 6.92. The minimum absolute atomic E-state index is 0.158. The molecular formula is C16H26N2O. The van der Waals surface area contributed by atoms with Crippen molar-refractivity contribution in [3.8, 4) is 0 Å². The maximum atomic E-state index is 6.04. The molecule has 2 rings (SSSR count). The van der Waals surface area contributed by atoms with Gasteiger partial charge >= 0.3 is 0 Å². The van der Waals surface area contributed by atoms with Crippen molar-refractivity contribution < 1.29 is 4.74 Å². The predicted molar refractivity (Wildman–Crippen MR) is 80.5 cm³/mol. The Labute approximate surface area is 116 Å². The number of hydrogen-bond acceptors (Lipinski definition) is 3. The molecule has 1 saturated heterocycles. The molecule has 1 aromatic carbocycles. The Morgan fingerprint density at radius 2 is 2.11 bits per heavy atom. The summed E-state index contributed by atoms with van der Waals surface area (Å²) in [5.41, 5.74) is 8.52. The summed E-state index contributed by atoms with van der Waals surface area (Å²) in [5.74, 6) is 0.663. The average molecular weight is 262 g/mol. The van der Waals surface area contributed by atoms with Crippen LogP contribution in [0, 0.1) is 5.92 Å². The zero-order valence-electron chi connectivity index (χ0n) is 12.1. The van der Waals surface area contributed by atoms with Gasteiger partial charge in [-0.05, 0) is 42.9 Å². The fraction of sp³-hybridized carbons (Fsp3) is 0.625. The highest BCUT2D eigenvalue weighted by Gasteiger charge is 2.16. The highest BCUT2D eigenvalue weighted by molar-refractivity contribution is 5.47. The van der Waals surface area contributed by atoms with Gasteiger partial charge < -0.3 is 15.4 Å². The number of ether oxygens (including phenoxy) is 1. The molecule has 3 nitrogen and oxygen atoms in total. The summed E-state index contributed by atoms with van der Waals surface area (Å²) in [4.78, 5) is 2.32. The van der Waals surface area contributed by atoms with Crippen molar-refractivity contribution in [1.82, 2.24) is 0 Å². The second-order valence-electron chi connectivity index (χ2n) is 5.57. The smallest absolute Gasteiger partial charge is 0.0511 e. The first-order valence-electron chi connectivity index (χ1n) is 7.35. The van der Waals surface area contributed by atoms with Gasteiger partial charge in [-0.2, -0.15) is 0 Å². The van der Waals surface area contributed by atoms with E-state index in [0.717, 1.165) is 26.2 Å². The fourth-order valence-corrected chi connectivity index (χ4v) is 2.66. The van der Waals surface area contributed by atoms with E-state index in [1.165, 1.54) is 24.1 Å². The molecule has 1 fully saturated rings. The average Bonchev–Trinajstić information content (AvgIpc) is 2.47. The van der Waals surface area contributed by atoms with E-state index in [0.29, 0.717) is 5.92 Å². The van der Waals surface area contributed by atoms with Gasteiger partial charge in [-0.1, -0.05) is 19.1 Å². The third-order valence-corrected chi connectivity index (χ3v) is 3.99. The normalized spacial score (nSPS) is 21.1. The van der Waals surface area contributed by atoms with Crippen molar-refractivity contribution >= 4 is 5.69 Å². The molecule has 2 N–H and O–H groups in total. The zero-order chi connectivity index (χ0) is 13.7. The van der Waals surface area contributed by atoms with Gasteiger partial charge in [-0.15, -0.1) is 0 Å². The lowest BCUT2D eigenvalue weighted by Gasteiger charge is -2.28. The predicted octanol–water partition coefficient (Wildman–Crippen LogP) is 2.96. The van der Waals surface area contributed by atoms with E-state index in [2.05, 4.69) is 43.1 Å². The Balaban J connectivity index is 1.93. The summed E-state index contributed by atoms with van der Waals surface area (Å²) >= 11 is 0. The molecule has 0 radical (unpaired) electrons. The Morgan fingerprint density at radius 1 is 1.37 bits per heavy atom. The summed E-state index contributed by atoms with van der Waals surface area (Å²) in [7, 11) is 2.16. The van der Waals surface area contributed by atoms with Gasteiger partial charge in [0.05, 0.1) is 6.61 Å². The molecule has 2 atom stereocenters. The van der Waals surface area contributed by atoms with E-state index in [9.17, 15) is 0 Å². The number of nitrogens with zero attached hydrogens (tertiary/aromatic N) is 1. The molecule has 0 aliphatic carbocycles. The quantitative estimate of drug-likeness (QED) is 0.886. The minimum atomic E-state index is 0.158. The largest absolute Gasteiger partial charge is 0.381 e. The fourth-order valence-electron chi connectivity index (χ4n) is 2.66. The first kappa shape index (κ1) is 14.4. The number of nitrogens with two attached hydrogens (primary N) is 1. The van der Waals surface area contributed by atoms with E-state index in [-0.39, 0.29) is 6.04 Å². The van der Waals surface area contributed by atoms with Gasteiger partial charge in [0.2, 0.25) is 0 Å². The summed E-state index contributed by atoms with van der Waals surface area (Å²) in [6.45, 7) is 5.03. The number of anilines is 1. The van der Waals surface area contributed by atoms with Gasteiger partial charge in [-0.25, -0.2) is 0 Å². The molecule has 0 bridgehead atoms. The molecule has 0 saturated carbocycles. The Hall–Kier alpha value is -1.06. The van der Waals surface area contributed by atoms with Gasteiger partial charge in [0.25, 0.3) is 0 Å². The lowest BCUT2D eigenvalue weighted by atomic mass is 10.0. The number of rotatable bonds is 5. The van der Waals surface area contributed by atoms with Crippen molar-refractivity contribution in [2.24, 2.45) is 11.7 Å². The van der Waals surface area contributed by atoms with Crippen molar-refractivity contribution in [1.29, 1.82) is 0 Å². The van der Waals surface area contributed by atoms with Crippen molar-refractivity contribution in [3.63, 3.8) is 0 Å². The molecule has 1 aliphatic heterocycles. The van der Waals surface area contributed by atoms with Crippen LogP contribution < -0.4 is 10.6 Å². The molecule has 1 unspecified atom stereocenters. The first-order valence-corrected chi connectivity index (χ1v) is 7.35. The summed E-state index contributed by atoms with van der Waals surface area (Å²) < 4.78 is 5.54. The SMILES string of the molecule is CC[C@@H](N)c1ccc(N(C)CC2CCCOC2)cc1. The van der Waals surface area contributed by atoms with Gasteiger partial charge in [0.15, 0.2) is 0 Å². The minimum Gasteiger partial charge on any atom is -0.381 e. The lowest BCUT2D eigenvalue weighted by molar-refractivity contribution is 0.0576. The highest BCUT2D eigenvalue weighted by Crippen LogP contribution is 2.21. The van der Waals surface area contributed by atoms with Crippen LogP contribution in [0.3, 0.4) is 0 Å². The molecule has 3 heteroatoms. The summed E-state index contributed by atoms with van der Waals surface area (Å²) in [6.07, 6.45) is 3.46. The Bertz CT molecular complexity index is 371. The van der Waals surface area contributed by atoms with Crippen LogP contribution in [-0.2, 0) is 4.74 Å². The number of hydrogen-bond donors (Lipinski definition) is 1. The molecule has 1 aliphatic rings. The first-order chi connectivity index (χ1) is 9.20. The van der Waals surface area contributed by atoms with Crippen LogP contribution in [0.15, 0.2) is 24.3 Å². The maximum Gasteiger partial charge on any atom is 0.0511 e. The molecular weight excluding hydrogens is 236 g/mol. The van der Waals surface area contributed by atoms with E-state index in [1.807, 2.05) is 0 Å². The molecule has 1 heterocycles. The second-order valence-corrected chi connectivity index (χ2v) is 5.57. The molecule has 0 amide bonds. The van der Waals surface area contributed by atoms with Gasteiger partial charge in [0.1, 0.15) is 0 Å². The third-order valence-electron chi connectivity index (χ3n) is 3.99. The van der Waals surface area contributed by atoms with E-state index in [1.54, 1.807) is 0 Å². The molecule has 1 aromatic rings. The van der Waals surface area contributed by atoms with Crippen LogP contribution in [-0.4, -0.2) is 26.8 Å². The number of benzene rings is 1. The zero-order valence-corrected chi connectivity index (χ0v) is 12.1. The van der Waals surface area contributed by atoms with Crippen LogP contribution in [0.25, 0.3) is 0 Å².